The van der Waals surface area contributed by atoms with Gasteiger partial charge in [0.25, 0.3) is 5.56 Å². The Morgan fingerprint density at radius 1 is 1.13 bits per heavy atom. The summed E-state index contributed by atoms with van der Waals surface area (Å²) < 4.78 is 13.5. The number of aromatic amines is 2. The summed E-state index contributed by atoms with van der Waals surface area (Å²) in [6.45, 7) is 9.66. The molecule has 0 bridgehead atoms. The molecule has 0 saturated heterocycles. The Morgan fingerprint density at radius 2 is 1.67 bits per heavy atom. The number of anilines is 1. The Balaban J connectivity index is -0.000000158. The number of aliphatic hydroxyl groups is 1. The zero-order valence-corrected chi connectivity index (χ0v) is 19.3. The highest BCUT2D eigenvalue weighted by atomic mass is 31.2. The van der Waals surface area contributed by atoms with Gasteiger partial charge in [0.1, 0.15) is 0 Å². The summed E-state index contributed by atoms with van der Waals surface area (Å²) in [7, 11) is 0.743. The third kappa shape index (κ3) is 22.2. The Kier molecular flexibility index (Phi) is 34.3. The summed E-state index contributed by atoms with van der Waals surface area (Å²) in [5, 5.41) is 8.20. The van der Waals surface area contributed by atoms with Crippen molar-refractivity contribution < 1.29 is 28.9 Å². The fraction of sp³-hybridized carbons (Fsp3) is 0.588. The number of rotatable bonds is 6. The number of hydrogen-bond acceptors (Lipinski definition) is 10. The minimum Gasteiger partial charge on any atom is -0.394 e. The van der Waals surface area contributed by atoms with Gasteiger partial charge in [-0.2, -0.15) is 4.98 Å². The molecular formula is C17H36N5O7P. The lowest BCUT2D eigenvalue weighted by atomic mass is 10.5. The van der Waals surface area contributed by atoms with Gasteiger partial charge in [0.05, 0.1) is 32.8 Å². The van der Waals surface area contributed by atoms with Crippen molar-refractivity contribution in [3.8, 4) is 12.8 Å². The average molecular weight is 453 g/mol. The van der Waals surface area contributed by atoms with Crippen LogP contribution in [0.15, 0.2) is 11.1 Å². The van der Waals surface area contributed by atoms with Gasteiger partial charge in [0, 0.05) is 14.2 Å². The highest BCUT2D eigenvalue weighted by molar-refractivity contribution is 7.39. The van der Waals surface area contributed by atoms with E-state index in [0.29, 0.717) is 31.0 Å². The Bertz CT molecular complexity index is 644. The molecule has 0 aliphatic carbocycles. The lowest BCUT2D eigenvalue weighted by Gasteiger charge is -1.98. The third-order valence-corrected chi connectivity index (χ3v) is 2.47. The van der Waals surface area contributed by atoms with Crippen LogP contribution in [0.5, 0.6) is 0 Å². The monoisotopic (exact) mass is 453 g/mol. The van der Waals surface area contributed by atoms with Gasteiger partial charge in [-0.3, -0.25) is 9.78 Å². The molecule has 0 aliphatic heterocycles. The zero-order valence-electron chi connectivity index (χ0n) is 18.5. The highest BCUT2D eigenvalue weighted by Gasteiger charge is 2.01. The summed E-state index contributed by atoms with van der Waals surface area (Å²) >= 11 is 0. The minimum atomic E-state index is -2.10. The number of ether oxygens (including phenoxy) is 2. The van der Waals surface area contributed by atoms with Crippen molar-refractivity contribution >= 4 is 25.7 Å². The molecule has 13 heteroatoms. The van der Waals surface area contributed by atoms with Crippen molar-refractivity contribution in [1.29, 1.82) is 0 Å². The second kappa shape index (κ2) is 29.1. The van der Waals surface area contributed by atoms with E-state index < -0.39 is 8.60 Å². The average Bonchev–Trinajstić information content (AvgIpc) is 3.25. The normalized spacial score (nSPS) is 8.53. The first-order valence-electron chi connectivity index (χ1n) is 8.88. The van der Waals surface area contributed by atoms with Crippen molar-refractivity contribution in [2.75, 3.05) is 46.4 Å². The van der Waals surface area contributed by atoms with E-state index in [2.05, 4.69) is 42.0 Å². The van der Waals surface area contributed by atoms with Gasteiger partial charge >= 0.3 is 8.60 Å². The molecule has 7 N–H and O–H groups in total. The molecule has 0 aliphatic rings. The van der Waals surface area contributed by atoms with Crippen LogP contribution in [0.4, 0.5) is 5.95 Å². The number of terminal acetylenes is 1. The number of aliphatic hydroxyl groups excluding tert-OH is 1. The van der Waals surface area contributed by atoms with E-state index in [1.807, 2.05) is 27.7 Å². The van der Waals surface area contributed by atoms with Crippen LogP contribution in [-0.4, -0.2) is 75.5 Å². The predicted octanol–water partition coefficient (Wildman–Crippen LogP) is 1.02. The number of H-pyrrole nitrogens is 2. The first-order valence-corrected chi connectivity index (χ1v) is 10.0. The van der Waals surface area contributed by atoms with Gasteiger partial charge in [-0.1, -0.05) is 27.7 Å². The lowest BCUT2D eigenvalue weighted by molar-refractivity contribution is 0.0500. The molecule has 0 atom stereocenters. The van der Waals surface area contributed by atoms with Crippen LogP contribution in [0.2, 0.25) is 0 Å². The number of fused-ring (bicyclic) bond motifs is 1. The van der Waals surface area contributed by atoms with Crippen LogP contribution in [0.1, 0.15) is 27.7 Å². The van der Waals surface area contributed by atoms with Crippen LogP contribution in [0.3, 0.4) is 0 Å². The number of methoxy groups -OCH3 is 1. The van der Waals surface area contributed by atoms with Gasteiger partial charge in [-0.15, -0.1) is 12.8 Å². The molecule has 2 rings (SSSR count). The van der Waals surface area contributed by atoms with Crippen LogP contribution < -0.4 is 11.3 Å². The minimum absolute atomic E-state index is 0.0783. The molecule has 0 aromatic carbocycles. The van der Waals surface area contributed by atoms with E-state index in [1.54, 1.807) is 7.11 Å². The second-order valence-corrected chi connectivity index (χ2v) is 4.69. The molecule has 2 aromatic heterocycles. The van der Waals surface area contributed by atoms with E-state index in [-0.39, 0.29) is 18.1 Å². The molecule has 12 nitrogen and oxygen atoms in total. The number of imidazole rings is 1. The van der Waals surface area contributed by atoms with E-state index >= 15 is 0 Å². The molecule has 0 spiro atoms. The van der Waals surface area contributed by atoms with Crippen molar-refractivity contribution in [2.45, 2.75) is 27.7 Å². The maximum Gasteiger partial charge on any atom is 0.326 e. The molecule has 0 radical (unpaired) electrons. The standard InChI is InChI=1S/C5H5N5O.C5H12O3.2C2H6.C2H2.CH5O3P/c6-5-9-3-2(4(11)10-5)7-1-8-3;1-7-4-5-8-3-2-6;3*1-2;1-4-5(2)3/h1H,(H4,6,7,8,9,10,11);6H,2-5H2,1H3;2*1-2H3;1-2H;2-3H,1H3. The van der Waals surface area contributed by atoms with Gasteiger partial charge in [0.2, 0.25) is 5.95 Å². The summed E-state index contributed by atoms with van der Waals surface area (Å²) in [5.74, 6) is 0.0783. The number of hydrogen-bond donors (Lipinski definition) is 6. The van der Waals surface area contributed by atoms with Crippen LogP contribution in [0, 0.1) is 12.8 Å². The fourth-order valence-corrected chi connectivity index (χ4v) is 1.17. The van der Waals surface area contributed by atoms with Crippen molar-refractivity contribution in [3.05, 3.63) is 16.7 Å². The smallest absolute Gasteiger partial charge is 0.326 e. The molecule has 176 valence electrons. The Labute approximate surface area is 178 Å². The first kappa shape index (κ1) is 35.3. The number of nitrogens with two attached hydrogens (primary N) is 1. The van der Waals surface area contributed by atoms with E-state index in [4.69, 9.17) is 25.4 Å². The third-order valence-electron chi connectivity index (χ3n) is 2.15. The van der Waals surface area contributed by atoms with E-state index in [9.17, 15) is 4.79 Å². The van der Waals surface area contributed by atoms with Crippen molar-refractivity contribution in [2.24, 2.45) is 0 Å². The van der Waals surface area contributed by atoms with Gasteiger partial charge in [-0.05, 0) is 0 Å². The van der Waals surface area contributed by atoms with Crippen LogP contribution in [0.25, 0.3) is 11.2 Å². The fourth-order valence-electron chi connectivity index (χ4n) is 1.17. The van der Waals surface area contributed by atoms with Gasteiger partial charge < -0.3 is 39.6 Å². The SMILES string of the molecule is C#C.CC.CC.COCCOCCO.COP(O)O.Nc1nc2nc[nH]c2c(=O)[nH]1. The highest BCUT2D eigenvalue weighted by Crippen LogP contribution is 2.20. The number of nitrogen functional groups attached to an aromatic ring is 1. The van der Waals surface area contributed by atoms with E-state index in [0.717, 1.165) is 0 Å². The second-order valence-electron chi connectivity index (χ2n) is 3.82. The van der Waals surface area contributed by atoms with Gasteiger partial charge in [-0.25, -0.2) is 4.98 Å². The lowest BCUT2D eigenvalue weighted by Crippen LogP contribution is -2.10. The first-order chi connectivity index (χ1) is 14.5. The van der Waals surface area contributed by atoms with Crippen LogP contribution >= 0.6 is 8.60 Å². The quantitative estimate of drug-likeness (QED) is 0.209. The van der Waals surface area contributed by atoms with Crippen molar-refractivity contribution in [1.82, 2.24) is 19.9 Å². The largest absolute Gasteiger partial charge is 0.394 e. The molecule has 2 aromatic rings. The Hall–Kier alpha value is -2.10. The molecule has 0 unspecified atom stereocenters. The summed E-state index contributed by atoms with van der Waals surface area (Å²) in [4.78, 5) is 39.1. The van der Waals surface area contributed by atoms with E-state index in [1.165, 1.54) is 13.4 Å². The predicted molar refractivity (Wildman–Crippen MR) is 120 cm³/mol. The van der Waals surface area contributed by atoms with Crippen LogP contribution in [-0.2, 0) is 14.0 Å². The maximum atomic E-state index is 11.0. The topological polar surface area (TPSA) is 189 Å². The van der Waals surface area contributed by atoms with Gasteiger partial charge in [0.15, 0.2) is 11.2 Å². The summed E-state index contributed by atoms with van der Waals surface area (Å²) in [5.41, 5.74) is 5.65. The van der Waals surface area contributed by atoms with Crippen molar-refractivity contribution in [3.63, 3.8) is 0 Å². The number of nitrogens with one attached hydrogen (secondary N) is 2. The molecule has 0 saturated carbocycles. The molecule has 2 heterocycles. The number of nitrogens with zero attached hydrogens (tertiary/aromatic N) is 2. The molecule has 30 heavy (non-hydrogen) atoms. The zero-order chi connectivity index (χ0) is 24.4. The molecule has 0 fully saturated rings. The molecule has 0 amide bonds. The number of aromatic nitrogens is 4. The summed E-state index contributed by atoms with van der Waals surface area (Å²) in [6, 6.07) is 0. The molecular weight excluding hydrogens is 417 g/mol. The summed E-state index contributed by atoms with van der Waals surface area (Å²) in [6.07, 6.45) is 9.40. The maximum absolute atomic E-state index is 11.0. The Morgan fingerprint density at radius 3 is 2.10 bits per heavy atom.